The quantitative estimate of drug-likeness (QED) is 0.586. The van der Waals surface area contributed by atoms with Crippen LogP contribution < -0.4 is 11.1 Å². The average Bonchev–Trinajstić information content (AvgIpc) is 2.69. The number of nitrogens with zero attached hydrogens (tertiary/aromatic N) is 2. The highest BCUT2D eigenvalue weighted by Gasteiger charge is 2.31. The molecule has 156 valence electrons. The van der Waals surface area contributed by atoms with Crippen molar-refractivity contribution in [3.8, 4) is 0 Å². The fraction of sp³-hybridized carbons (Fsp3) is 0.381. The second kappa shape index (κ2) is 9.28. The predicted octanol–water partition coefficient (Wildman–Crippen LogP) is 3.81. The lowest BCUT2D eigenvalue weighted by atomic mass is 10.0. The largest absolute Gasteiger partial charge is 0.416 e. The maximum absolute atomic E-state index is 12.9. The van der Waals surface area contributed by atoms with Crippen LogP contribution >= 0.6 is 0 Å². The summed E-state index contributed by atoms with van der Waals surface area (Å²) in [6, 6.07) is 12.8. The number of benzene rings is 2. The van der Waals surface area contributed by atoms with Crippen LogP contribution in [0.25, 0.3) is 0 Å². The van der Waals surface area contributed by atoms with Crippen molar-refractivity contribution in [1.82, 2.24) is 4.90 Å². The van der Waals surface area contributed by atoms with Crippen molar-refractivity contribution in [2.24, 2.45) is 10.7 Å². The van der Waals surface area contributed by atoms with Crippen molar-refractivity contribution < 1.29 is 17.9 Å². The molecular weight excluding hydrogens is 381 g/mol. The highest BCUT2D eigenvalue weighted by molar-refractivity contribution is 5.92. The Morgan fingerprint density at radius 2 is 1.86 bits per heavy atom. The maximum Gasteiger partial charge on any atom is 0.416 e. The minimum absolute atomic E-state index is 0.181. The second-order valence-corrected chi connectivity index (χ2v) is 7.00. The molecule has 0 aromatic heterocycles. The molecule has 1 aliphatic rings. The number of rotatable bonds is 5. The van der Waals surface area contributed by atoms with Gasteiger partial charge in [-0.15, -0.1) is 0 Å². The summed E-state index contributed by atoms with van der Waals surface area (Å²) in [7, 11) is 0. The fourth-order valence-electron chi connectivity index (χ4n) is 3.31. The smallest absolute Gasteiger partial charge is 0.379 e. The Labute approximate surface area is 168 Å². The molecule has 0 radical (unpaired) electrons. The van der Waals surface area contributed by atoms with E-state index in [-0.39, 0.29) is 12.0 Å². The number of halogens is 3. The molecule has 5 nitrogen and oxygen atoms in total. The van der Waals surface area contributed by atoms with E-state index in [1.54, 1.807) is 0 Å². The van der Waals surface area contributed by atoms with Gasteiger partial charge >= 0.3 is 6.18 Å². The monoisotopic (exact) mass is 406 g/mol. The molecule has 0 spiro atoms. The van der Waals surface area contributed by atoms with E-state index < -0.39 is 11.7 Å². The molecule has 2 aromatic rings. The minimum atomic E-state index is -4.35. The van der Waals surface area contributed by atoms with Gasteiger partial charge in [-0.05, 0) is 42.3 Å². The van der Waals surface area contributed by atoms with Gasteiger partial charge in [0, 0.05) is 18.8 Å². The Morgan fingerprint density at radius 1 is 1.17 bits per heavy atom. The first-order chi connectivity index (χ1) is 13.8. The zero-order valence-electron chi connectivity index (χ0n) is 16.2. The van der Waals surface area contributed by atoms with E-state index >= 15 is 0 Å². The van der Waals surface area contributed by atoms with Crippen LogP contribution in [0.3, 0.4) is 0 Å². The number of alkyl halides is 3. The van der Waals surface area contributed by atoms with Gasteiger partial charge in [0.25, 0.3) is 0 Å². The topological polar surface area (TPSA) is 62.9 Å². The molecule has 3 rings (SSSR count). The average molecular weight is 406 g/mol. The standard InChI is InChI=1S/C21H25F3N4O/c1-15-3-2-4-18(13-15)27-20(25)26-14-19(28-9-11-29-12-10-28)16-5-7-17(8-6-16)21(22,23)24/h2-8,13,19H,9-12,14H2,1H3,(H3,25,26,27). The Hall–Kier alpha value is -2.58. The van der Waals surface area contributed by atoms with Gasteiger partial charge in [0.2, 0.25) is 0 Å². The Balaban J connectivity index is 1.76. The van der Waals surface area contributed by atoms with Gasteiger partial charge in [-0.3, -0.25) is 9.89 Å². The van der Waals surface area contributed by atoms with Crippen LogP contribution in [0.5, 0.6) is 0 Å². The number of morpholine rings is 1. The first-order valence-corrected chi connectivity index (χ1v) is 9.45. The van der Waals surface area contributed by atoms with Crippen LogP contribution in [0, 0.1) is 6.92 Å². The molecule has 0 saturated carbocycles. The van der Waals surface area contributed by atoms with Crippen molar-refractivity contribution in [3.63, 3.8) is 0 Å². The van der Waals surface area contributed by atoms with Crippen molar-refractivity contribution in [3.05, 3.63) is 65.2 Å². The van der Waals surface area contributed by atoms with Crippen LogP contribution in [0.4, 0.5) is 18.9 Å². The summed E-state index contributed by atoms with van der Waals surface area (Å²) in [5.41, 5.74) is 8.08. The molecule has 3 N–H and O–H groups in total. The summed E-state index contributed by atoms with van der Waals surface area (Å²) in [5.74, 6) is 0.265. The van der Waals surface area contributed by atoms with Crippen molar-refractivity contribution in [2.75, 3.05) is 38.2 Å². The van der Waals surface area contributed by atoms with Crippen LogP contribution in [0.2, 0.25) is 0 Å². The lowest BCUT2D eigenvalue weighted by Crippen LogP contribution is -2.40. The maximum atomic E-state index is 12.9. The lowest BCUT2D eigenvalue weighted by Gasteiger charge is -2.34. The van der Waals surface area contributed by atoms with E-state index in [1.165, 1.54) is 12.1 Å². The van der Waals surface area contributed by atoms with Gasteiger partial charge in [-0.2, -0.15) is 13.2 Å². The molecule has 1 atom stereocenters. The number of aryl methyl sites for hydroxylation is 1. The summed E-state index contributed by atoms with van der Waals surface area (Å²) in [5, 5.41) is 3.06. The lowest BCUT2D eigenvalue weighted by molar-refractivity contribution is -0.137. The minimum Gasteiger partial charge on any atom is -0.379 e. The molecule has 1 heterocycles. The Bertz CT molecular complexity index is 831. The normalized spacial score (nSPS) is 17.2. The van der Waals surface area contributed by atoms with E-state index in [2.05, 4.69) is 15.2 Å². The van der Waals surface area contributed by atoms with Crippen LogP contribution in [0.15, 0.2) is 53.5 Å². The summed E-state index contributed by atoms with van der Waals surface area (Å²) >= 11 is 0. The van der Waals surface area contributed by atoms with E-state index in [0.29, 0.717) is 32.8 Å². The highest BCUT2D eigenvalue weighted by atomic mass is 19.4. The van der Waals surface area contributed by atoms with E-state index in [4.69, 9.17) is 10.5 Å². The van der Waals surface area contributed by atoms with Crippen molar-refractivity contribution in [1.29, 1.82) is 0 Å². The molecule has 0 aliphatic carbocycles. The third-order valence-electron chi connectivity index (χ3n) is 4.83. The number of hydrogen-bond acceptors (Lipinski definition) is 3. The summed E-state index contributed by atoms with van der Waals surface area (Å²) in [4.78, 5) is 6.61. The third kappa shape index (κ3) is 5.95. The van der Waals surface area contributed by atoms with Gasteiger partial charge in [0.05, 0.1) is 31.4 Å². The number of ether oxygens (including phenoxy) is 1. The van der Waals surface area contributed by atoms with Gasteiger partial charge in [-0.1, -0.05) is 24.3 Å². The molecule has 1 aliphatic heterocycles. The number of nitrogens with two attached hydrogens (primary N) is 1. The van der Waals surface area contributed by atoms with E-state index in [1.807, 2.05) is 31.2 Å². The number of aliphatic imine (C=N–C) groups is 1. The van der Waals surface area contributed by atoms with Crippen LogP contribution in [-0.2, 0) is 10.9 Å². The Morgan fingerprint density at radius 3 is 2.48 bits per heavy atom. The molecular formula is C21H25F3N4O. The molecule has 2 aromatic carbocycles. The van der Waals surface area contributed by atoms with Gasteiger partial charge in [0.1, 0.15) is 0 Å². The summed E-state index contributed by atoms with van der Waals surface area (Å²) in [6.07, 6.45) is -4.35. The van der Waals surface area contributed by atoms with Gasteiger partial charge in [0.15, 0.2) is 5.96 Å². The Kier molecular flexibility index (Phi) is 6.76. The number of anilines is 1. The molecule has 0 bridgehead atoms. The number of hydrogen-bond donors (Lipinski definition) is 2. The zero-order chi connectivity index (χ0) is 20.9. The van der Waals surface area contributed by atoms with E-state index in [0.717, 1.165) is 28.9 Å². The first-order valence-electron chi connectivity index (χ1n) is 9.45. The second-order valence-electron chi connectivity index (χ2n) is 7.00. The first kappa shape index (κ1) is 21.1. The zero-order valence-corrected chi connectivity index (χ0v) is 16.2. The number of nitrogens with one attached hydrogen (secondary N) is 1. The van der Waals surface area contributed by atoms with Crippen molar-refractivity contribution in [2.45, 2.75) is 19.1 Å². The highest BCUT2D eigenvalue weighted by Crippen LogP contribution is 2.31. The van der Waals surface area contributed by atoms with Crippen LogP contribution in [-0.4, -0.2) is 43.7 Å². The molecule has 1 saturated heterocycles. The fourth-order valence-corrected chi connectivity index (χ4v) is 3.31. The third-order valence-corrected chi connectivity index (χ3v) is 4.83. The summed E-state index contributed by atoms with van der Waals surface area (Å²) in [6.45, 7) is 4.85. The molecule has 29 heavy (non-hydrogen) atoms. The SMILES string of the molecule is Cc1cccc(NC(N)=NCC(c2ccc(C(F)(F)F)cc2)N2CCOCC2)c1. The van der Waals surface area contributed by atoms with Crippen molar-refractivity contribution >= 4 is 11.6 Å². The summed E-state index contributed by atoms with van der Waals surface area (Å²) < 4.78 is 44.1. The molecule has 1 unspecified atom stereocenters. The molecule has 1 fully saturated rings. The predicted molar refractivity (Wildman–Crippen MR) is 108 cm³/mol. The van der Waals surface area contributed by atoms with E-state index in [9.17, 15) is 13.2 Å². The van der Waals surface area contributed by atoms with Gasteiger partial charge in [-0.25, -0.2) is 0 Å². The molecule has 8 heteroatoms. The molecule has 0 amide bonds. The van der Waals surface area contributed by atoms with Crippen LogP contribution in [0.1, 0.15) is 22.7 Å². The van der Waals surface area contributed by atoms with Gasteiger partial charge < -0.3 is 15.8 Å². The number of guanidine groups is 1.